The van der Waals surface area contributed by atoms with Gasteiger partial charge in [-0.2, -0.15) is 0 Å². The van der Waals surface area contributed by atoms with Crippen molar-refractivity contribution < 1.29 is 0 Å². The lowest BCUT2D eigenvalue weighted by Gasteiger charge is -2.41. The molecular formula is C15H28ClN5. The summed E-state index contributed by atoms with van der Waals surface area (Å²) in [7, 11) is 4.05. The number of nitrogens with zero attached hydrogens (tertiary/aromatic N) is 4. The van der Waals surface area contributed by atoms with E-state index in [0.29, 0.717) is 11.2 Å². The van der Waals surface area contributed by atoms with Gasteiger partial charge in [-0.05, 0) is 27.8 Å². The number of likely N-dealkylation sites (N-methyl/N-ethyl adjacent to an activating group) is 1. The smallest absolute Gasteiger partial charge is 0.152 e. The second kappa shape index (κ2) is 7.09. The Morgan fingerprint density at radius 3 is 2.19 bits per heavy atom. The number of aromatic nitrogens is 2. The molecule has 1 aromatic rings. The van der Waals surface area contributed by atoms with Gasteiger partial charge in [-0.25, -0.2) is 4.98 Å². The van der Waals surface area contributed by atoms with Crippen molar-refractivity contribution in [2.45, 2.75) is 32.9 Å². The number of nitrogens with one attached hydrogen (secondary N) is 1. The van der Waals surface area contributed by atoms with Crippen LogP contribution in [0.3, 0.4) is 0 Å². The number of piperazine rings is 1. The summed E-state index contributed by atoms with van der Waals surface area (Å²) >= 11 is 6.38. The zero-order chi connectivity index (χ0) is 15.6. The molecule has 1 atom stereocenters. The summed E-state index contributed by atoms with van der Waals surface area (Å²) in [6, 6.07) is 0.903. The van der Waals surface area contributed by atoms with Crippen LogP contribution in [0.15, 0.2) is 0 Å². The van der Waals surface area contributed by atoms with Gasteiger partial charge in [-0.3, -0.25) is 9.80 Å². The number of aryl methyl sites for hydroxylation is 1. The molecule has 0 radical (unpaired) electrons. The van der Waals surface area contributed by atoms with Gasteiger partial charge in [0.2, 0.25) is 0 Å². The minimum Gasteiger partial charge on any atom is -0.333 e. The van der Waals surface area contributed by atoms with Crippen molar-refractivity contribution in [1.29, 1.82) is 0 Å². The molecule has 1 N–H and O–H groups in total. The summed E-state index contributed by atoms with van der Waals surface area (Å²) in [5, 5.41) is 3.95. The van der Waals surface area contributed by atoms with E-state index < -0.39 is 0 Å². The van der Waals surface area contributed by atoms with Gasteiger partial charge in [0.1, 0.15) is 5.82 Å². The van der Waals surface area contributed by atoms with Crippen LogP contribution >= 0.6 is 11.6 Å². The van der Waals surface area contributed by atoms with Crippen LogP contribution in [0.2, 0.25) is 5.15 Å². The van der Waals surface area contributed by atoms with Gasteiger partial charge in [0.15, 0.2) is 5.15 Å². The number of halogens is 1. The van der Waals surface area contributed by atoms with Gasteiger partial charge >= 0.3 is 0 Å². The molecule has 1 fully saturated rings. The van der Waals surface area contributed by atoms with Crippen LogP contribution in [-0.2, 0) is 7.05 Å². The van der Waals surface area contributed by atoms with Crippen LogP contribution in [0.1, 0.15) is 31.4 Å². The predicted molar refractivity (Wildman–Crippen MR) is 87.9 cm³/mol. The van der Waals surface area contributed by atoms with E-state index in [9.17, 15) is 0 Å². The average Bonchev–Trinajstić information content (AvgIpc) is 2.70. The summed E-state index contributed by atoms with van der Waals surface area (Å²) in [6.45, 7) is 11.8. The third-order valence-electron chi connectivity index (χ3n) is 4.55. The molecule has 1 unspecified atom stereocenters. The van der Waals surface area contributed by atoms with Crippen molar-refractivity contribution in [3.8, 4) is 0 Å². The zero-order valence-corrected chi connectivity index (χ0v) is 14.6. The summed E-state index contributed by atoms with van der Waals surface area (Å²) < 4.78 is 2.12. The monoisotopic (exact) mass is 313 g/mol. The first-order chi connectivity index (χ1) is 9.95. The van der Waals surface area contributed by atoms with Crippen LogP contribution in [-0.4, -0.2) is 65.2 Å². The molecule has 2 rings (SSSR count). The highest BCUT2D eigenvalue weighted by molar-refractivity contribution is 6.30. The van der Waals surface area contributed by atoms with E-state index in [4.69, 9.17) is 11.6 Å². The van der Waals surface area contributed by atoms with E-state index in [2.05, 4.69) is 45.6 Å². The third kappa shape index (κ3) is 3.59. The van der Waals surface area contributed by atoms with Crippen molar-refractivity contribution in [2.75, 3.05) is 39.8 Å². The van der Waals surface area contributed by atoms with Crippen molar-refractivity contribution in [2.24, 2.45) is 7.05 Å². The fourth-order valence-corrected chi connectivity index (χ4v) is 3.48. The lowest BCUT2D eigenvalue weighted by atomic mass is 10.1. The highest BCUT2D eigenvalue weighted by atomic mass is 35.5. The van der Waals surface area contributed by atoms with Crippen LogP contribution in [0.4, 0.5) is 0 Å². The van der Waals surface area contributed by atoms with Gasteiger partial charge < -0.3 is 9.88 Å². The maximum Gasteiger partial charge on any atom is 0.152 e. The summed E-state index contributed by atoms with van der Waals surface area (Å²) in [5.74, 6) is 0.969. The Labute approximate surface area is 133 Å². The molecule has 120 valence electrons. The summed E-state index contributed by atoms with van der Waals surface area (Å²) in [6.07, 6.45) is 0. The minimum absolute atomic E-state index is 0.281. The number of hydrogen-bond acceptors (Lipinski definition) is 4. The lowest BCUT2D eigenvalue weighted by molar-refractivity contribution is 0.0757. The molecule has 21 heavy (non-hydrogen) atoms. The number of imidazole rings is 1. The van der Waals surface area contributed by atoms with Crippen LogP contribution in [0.5, 0.6) is 0 Å². The van der Waals surface area contributed by atoms with E-state index in [0.717, 1.165) is 44.2 Å². The highest BCUT2D eigenvalue weighted by Gasteiger charge is 2.29. The molecular weight excluding hydrogens is 286 g/mol. The van der Waals surface area contributed by atoms with Crippen LogP contribution in [0.25, 0.3) is 0 Å². The van der Waals surface area contributed by atoms with E-state index in [1.807, 2.05) is 14.0 Å². The van der Waals surface area contributed by atoms with Gasteiger partial charge in [0, 0.05) is 45.8 Å². The molecule has 5 nitrogen and oxygen atoms in total. The fourth-order valence-electron chi connectivity index (χ4n) is 3.11. The molecule has 6 heteroatoms. The second-order valence-corrected chi connectivity index (χ2v) is 6.49. The Kier molecular flexibility index (Phi) is 5.66. The largest absolute Gasteiger partial charge is 0.333 e. The summed E-state index contributed by atoms with van der Waals surface area (Å²) in [5.41, 5.74) is 1.13. The molecule has 0 aliphatic carbocycles. The molecule has 0 aromatic carbocycles. The second-order valence-electron chi connectivity index (χ2n) is 6.13. The van der Waals surface area contributed by atoms with Crippen molar-refractivity contribution in [1.82, 2.24) is 24.7 Å². The standard InChI is InChI=1S/C15H28ClN5/c1-11(2)20-6-8-21(9-7-20)13(10-17-4)14-15(16)18-12(3)19(14)5/h11,13,17H,6-10H2,1-5H3. The Morgan fingerprint density at radius 2 is 1.76 bits per heavy atom. The number of hydrogen-bond donors (Lipinski definition) is 1. The maximum atomic E-state index is 6.38. The van der Waals surface area contributed by atoms with Crippen LogP contribution in [0, 0.1) is 6.92 Å². The molecule has 1 aliphatic heterocycles. The molecule has 1 aliphatic rings. The van der Waals surface area contributed by atoms with E-state index in [-0.39, 0.29) is 6.04 Å². The number of rotatable bonds is 5. The third-order valence-corrected chi connectivity index (χ3v) is 4.83. The topological polar surface area (TPSA) is 36.3 Å². The van der Waals surface area contributed by atoms with Crippen LogP contribution < -0.4 is 5.32 Å². The molecule has 0 amide bonds. The Morgan fingerprint density at radius 1 is 1.19 bits per heavy atom. The Hall–Kier alpha value is -0.620. The fraction of sp³-hybridized carbons (Fsp3) is 0.800. The predicted octanol–water partition coefficient (Wildman–Crippen LogP) is 1.67. The molecule has 0 saturated carbocycles. The highest BCUT2D eigenvalue weighted by Crippen LogP contribution is 2.28. The molecule has 0 bridgehead atoms. The summed E-state index contributed by atoms with van der Waals surface area (Å²) in [4.78, 5) is 9.47. The Bertz CT molecular complexity index is 463. The van der Waals surface area contributed by atoms with E-state index in [1.54, 1.807) is 0 Å². The Balaban J connectivity index is 2.17. The van der Waals surface area contributed by atoms with E-state index >= 15 is 0 Å². The van der Waals surface area contributed by atoms with Gasteiger partial charge in [-0.1, -0.05) is 11.6 Å². The maximum absolute atomic E-state index is 6.38. The van der Waals surface area contributed by atoms with Gasteiger partial charge in [0.05, 0.1) is 11.7 Å². The normalized spacial score (nSPS) is 19.4. The first-order valence-corrected chi connectivity index (χ1v) is 8.15. The molecule has 1 aromatic heterocycles. The lowest BCUT2D eigenvalue weighted by Crippen LogP contribution is -2.51. The van der Waals surface area contributed by atoms with Gasteiger partial charge in [0.25, 0.3) is 0 Å². The van der Waals surface area contributed by atoms with Crippen molar-refractivity contribution in [3.63, 3.8) is 0 Å². The molecule has 1 saturated heterocycles. The first-order valence-electron chi connectivity index (χ1n) is 7.77. The molecule has 0 spiro atoms. The van der Waals surface area contributed by atoms with Crippen molar-refractivity contribution in [3.05, 3.63) is 16.7 Å². The first kappa shape index (κ1) is 16.7. The zero-order valence-electron chi connectivity index (χ0n) is 13.9. The average molecular weight is 314 g/mol. The quantitative estimate of drug-likeness (QED) is 0.897. The van der Waals surface area contributed by atoms with E-state index in [1.165, 1.54) is 0 Å². The van der Waals surface area contributed by atoms with Crippen molar-refractivity contribution >= 4 is 11.6 Å². The van der Waals surface area contributed by atoms with Gasteiger partial charge in [-0.15, -0.1) is 0 Å². The molecule has 2 heterocycles. The SMILES string of the molecule is CNCC(c1c(Cl)nc(C)n1C)N1CCN(C(C)C)CC1. The minimum atomic E-state index is 0.281.